The number of hydrogen-bond donors (Lipinski definition) is 1. The maximum absolute atomic E-state index is 13.3. The maximum atomic E-state index is 13.3. The van der Waals surface area contributed by atoms with Gasteiger partial charge in [-0.05, 0) is 13.3 Å². The average molecular weight is 407 g/mol. The first-order chi connectivity index (χ1) is 14.0. The lowest BCUT2D eigenvalue weighted by Gasteiger charge is -2.27. The van der Waals surface area contributed by atoms with E-state index in [1.54, 1.807) is 23.0 Å². The van der Waals surface area contributed by atoms with Crippen molar-refractivity contribution in [3.05, 3.63) is 72.9 Å². The van der Waals surface area contributed by atoms with Gasteiger partial charge in [-0.3, -0.25) is 18.6 Å². The van der Waals surface area contributed by atoms with Crippen molar-refractivity contribution in [1.29, 1.82) is 0 Å². The molecule has 0 saturated carbocycles. The van der Waals surface area contributed by atoms with Crippen LogP contribution in [0.25, 0.3) is 22.2 Å². The zero-order valence-corrected chi connectivity index (χ0v) is 17.3. The van der Waals surface area contributed by atoms with Crippen LogP contribution in [-0.2, 0) is 14.1 Å². The van der Waals surface area contributed by atoms with Crippen LogP contribution in [0.5, 0.6) is 0 Å². The Morgan fingerprint density at radius 2 is 1.90 bits per heavy atom. The summed E-state index contributed by atoms with van der Waals surface area (Å²) in [7, 11) is 3.27. The first-order valence-corrected chi connectivity index (χ1v) is 10.4. The molecular weight excluding hydrogens is 386 g/mol. The van der Waals surface area contributed by atoms with Gasteiger partial charge in [-0.1, -0.05) is 30.3 Å². The van der Waals surface area contributed by atoms with Crippen LogP contribution in [-0.4, -0.2) is 25.3 Å². The molecule has 4 heterocycles. The highest BCUT2D eigenvalue weighted by molar-refractivity contribution is 7.09. The molecule has 0 spiro atoms. The molecule has 1 unspecified atom stereocenters. The Bertz CT molecular complexity index is 1360. The molecule has 4 aromatic rings. The predicted molar refractivity (Wildman–Crippen MR) is 115 cm³/mol. The fourth-order valence-electron chi connectivity index (χ4n) is 4.28. The van der Waals surface area contributed by atoms with Crippen molar-refractivity contribution in [2.24, 2.45) is 14.1 Å². The first kappa shape index (κ1) is 17.9. The summed E-state index contributed by atoms with van der Waals surface area (Å²) >= 11 is 1.63. The van der Waals surface area contributed by atoms with Crippen LogP contribution >= 0.6 is 11.3 Å². The van der Waals surface area contributed by atoms with E-state index in [1.807, 2.05) is 47.3 Å². The van der Waals surface area contributed by atoms with Crippen LogP contribution in [0.3, 0.4) is 0 Å². The zero-order valence-electron chi connectivity index (χ0n) is 16.5. The van der Waals surface area contributed by atoms with Crippen LogP contribution in [0, 0.1) is 6.92 Å². The van der Waals surface area contributed by atoms with Gasteiger partial charge >= 0.3 is 5.69 Å². The van der Waals surface area contributed by atoms with Crippen molar-refractivity contribution in [2.75, 3.05) is 12.0 Å². The Hall–Kier alpha value is -3.13. The largest absolute Gasteiger partial charge is 0.331 e. The van der Waals surface area contributed by atoms with Crippen LogP contribution in [0.4, 0.5) is 0 Å². The molecule has 1 aromatic carbocycles. The molecule has 7 nitrogen and oxygen atoms in total. The number of hydrogen-bond acceptors (Lipinski definition) is 5. The van der Waals surface area contributed by atoms with E-state index >= 15 is 0 Å². The van der Waals surface area contributed by atoms with E-state index < -0.39 is 0 Å². The van der Waals surface area contributed by atoms with E-state index in [0.717, 1.165) is 40.6 Å². The highest BCUT2D eigenvalue weighted by Gasteiger charge is 2.33. The monoisotopic (exact) mass is 407 g/mol. The molecule has 0 amide bonds. The molecule has 5 rings (SSSR count). The van der Waals surface area contributed by atoms with E-state index in [1.165, 1.54) is 11.6 Å². The fraction of sp³-hybridized carbons (Fsp3) is 0.286. The summed E-state index contributed by atoms with van der Waals surface area (Å²) in [6.07, 6.45) is 0.851. The summed E-state index contributed by atoms with van der Waals surface area (Å²) in [5, 5.41) is 3.61. The van der Waals surface area contributed by atoms with E-state index in [-0.39, 0.29) is 17.2 Å². The average Bonchev–Trinajstić information content (AvgIpc) is 3.32. The Balaban J connectivity index is 1.97. The molecule has 29 heavy (non-hydrogen) atoms. The molecule has 1 aliphatic heterocycles. The Labute approximate surface area is 170 Å². The Morgan fingerprint density at radius 1 is 1.14 bits per heavy atom. The fourth-order valence-corrected chi connectivity index (χ4v) is 5.21. The molecule has 1 aliphatic rings. The van der Waals surface area contributed by atoms with Gasteiger partial charge in [0.15, 0.2) is 0 Å². The molecule has 8 heteroatoms. The van der Waals surface area contributed by atoms with Gasteiger partial charge in [-0.2, -0.15) is 0 Å². The van der Waals surface area contributed by atoms with Crippen molar-refractivity contribution in [2.45, 2.75) is 19.3 Å². The number of fused-ring (bicyclic) bond motifs is 3. The smallest absolute Gasteiger partial charge is 0.325 e. The predicted octanol–water partition coefficient (Wildman–Crippen LogP) is 2.55. The third-order valence-electron chi connectivity index (χ3n) is 5.62. The van der Waals surface area contributed by atoms with Crippen LogP contribution < -0.4 is 16.7 Å². The summed E-state index contributed by atoms with van der Waals surface area (Å²) in [6, 6.07) is 9.85. The van der Waals surface area contributed by atoms with Gasteiger partial charge in [0.1, 0.15) is 5.01 Å². The topological polar surface area (TPSA) is 73.8 Å². The molecule has 3 aromatic heterocycles. The molecule has 0 saturated heterocycles. The third kappa shape index (κ3) is 2.52. The first-order valence-electron chi connectivity index (χ1n) is 9.54. The van der Waals surface area contributed by atoms with Crippen molar-refractivity contribution in [1.82, 2.24) is 18.8 Å². The summed E-state index contributed by atoms with van der Waals surface area (Å²) in [6.45, 7) is 2.74. The van der Waals surface area contributed by atoms with Gasteiger partial charge in [0.05, 0.1) is 28.2 Å². The zero-order chi connectivity index (χ0) is 20.3. The lowest BCUT2D eigenvalue weighted by Crippen LogP contribution is -2.37. The maximum Gasteiger partial charge on any atom is 0.331 e. The highest BCUT2D eigenvalue weighted by Crippen LogP contribution is 2.41. The standard InChI is InChI=1S/C21H21N5O2S/c1-12-11-29-19(23-12)14-9-10-22-26-16(13-7-5-4-6-8-13)15-18(17(14)26)24(2)21(28)25(3)20(15)27/h4-8,11,14,22H,9-10H2,1-3H3. The quantitative estimate of drug-likeness (QED) is 0.554. The molecule has 0 aliphatic carbocycles. The van der Waals surface area contributed by atoms with E-state index in [4.69, 9.17) is 4.98 Å². The Kier molecular flexibility index (Phi) is 3.99. The molecule has 1 atom stereocenters. The van der Waals surface area contributed by atoms with Gasteiger partial charge < -0.3 is 5.43 Å². The molecule has 148 valence electrons. The lowest BCUT2D eigenvalue weighted by atomic mass is 9.99. The minimum Gasteiger partial charge on any atom is -0.325 e. The number of aromatic nitrogens is 4. The van der Waals surface area contributed by atoms with Crippen molar-refractivity contribution in [3.63, 3.8) is 0 Å². The SMILES string of the molecule is Cc1csc(C2CCNn3c(-c4ccccc4)c4c(=O)n(C)c(=O)n(C)c4c32)n1. The second-order valence-electron chi connectivity index (χ2n) is 7.44. The molecular formula is C21H21N5O2S. The third-order valence-corrected chi connectivity index (χ3v) is 6.70. The minimum atomic E-state index is -0.324. The number of thiazole rings is 1. The number of nitrogens with zero attached hydrogens (tertiary/aromatic N) is 4. The molecule has 0 bridgehead atoms. The summed E-state index contributed by atoms with van der Waals surface area (Å²) in [5.41, 5.74) is 7.17. The van der Waals surface area contributed by atoms with Crippen molar-refractivity contribution < 1.29 is 0 Å². The molecule has 0 fully saturated rings. The van der Waals surface area contributed by atoms with Crippen molar-refractivity contribution >= 4 is 22.2 Å². The van der Waals surface area contributed by atoms with Crippen molar-refractivity contribution in [3.8, 4) is 11.3 Å². The Morgan fingerprint density at radius 3 is 2.59 bits per heavy atom. The van der Waals surface area contributed by atoms with E-state index in [0.29, 0.717) is 10.9 Å². The van der Waals surface area contributed by atoms with Crippen LogP contribution in [0.2, 0.25) is 0 Å². The number of rotatable bonds is 2. The van der Waals surface area contributed by atoms with Gasteiger partial charge in [0.25, 0.3) is 5.56 Å². The molecule has 1 N–H and O–H groups in total. The van der Waals surface area contributed by atoms with Gasteiger partial charge in [-0.25, -0.2) is 9.78 Å². The van der Waals surface area contributed by atoms with Gasteiger partial charge in [-0.15, -0.1) is 11.3 Å². The van der Waals surface area contributed by atoms with E-state index in [2.05, 4.69) is 5.43 Å². The number of benzene rings is 1. The normalized spacial score (nSPS) is 16.0. The van der Waals surface area contributed by atoms with Crippen LogP contribution in [0.15, 0.2) is 45.3 Å². The second kappa shape index (κ2) is 6.45. The summed E-state index contributed by atoms with van der Waals surface area (Å²) in [4.78, 5) is 30.7. The lowest BCUT2D eigenvalue weighted by molar-refractivity contribution is 0.600. The van der Waals surface area contributed by atoms with Gasteiger partial charge in [0.2, 0.25) is 0 Å². The van der Waals surface area contributed by atoms with Crippen LogP contribution in [0.1, 0.15) is 28.7 Å². The number of aryl methyl sites for hydroxylation is 2. The van der Waals surface area contributed by atoms with Gasteiger partial charge in [0, 0.05) is 37.3 Å². The second-order valence-corrected chi connectivity index (χ2v) is 8.33. The molecule has 0 radical (unpaired) electrons. The summed E-state index contributed by atoms with van der Waals surface area (Å²) in [5.74, 6) is 0.0209. The number of nitrogens with one attached hydrogen (secondary N) is 1. The highest BCUT2D eigenvalue weighted by atomic mass is 32.1. The summed E-state index contributed by atoms with van der Waals surface area (Å²) < 4.78 is 4.78. The van der Waals surface area contributed by atoms with E-state index in [9.17, 15) is 9.59 Å². The minimum absolute atomic E-state index is 0.0209.